The molecule has 2 aliphatic heterocycles. The predicted molar refractivity (Wildman–Crippen MR) is 101 cm³/mol. The molecule has 0 saturated carbocycles. The average Bonchev–Trinajstić information content (AvgIpc) is 3.22. The Morgan fingerprint density at radius 3 is 2.69 bits per heavy atom. The van der Waals surface area contributed by atoms with Gasteiger partial charge in [-0.3, -0.25) is 4.79 Å². The fourth-order valence-electron chi connectivity index (χ4n) is 2.48. The van der Waals surface area contributed by atoms with Crippen LogP contribution >= 0.6 is 23.4 Å². The van der Waals surface area contributed by atoms with Crippen LogP contribution in [-0.4, -0.2) is 25.0 Å². The van der Waals surface area contributed by atoms with Gasteiger partial charge in [-0.25, -0.2) is 4.99 Å². The van der Waals surface area contributed by atoms with Crippen LogP contribution in [0.25, 0.3) is 6.08 Å². The molecule has 2 aliphatic rings. The van der Waals surface area contributed by atoms with E-state index >= 15 is 0 Å². The van der Waals surface area contributed by atoms with Crippen molar-refractivity contribution in [2.24, 2.45) is 4.99 Å². The highest BCUT2D eigenvalue weighted by molar-refractivity contribution is 8.18. The van der Waals surface area contributed by atoms with Crippen molar-refractivity contribution in [2.45, 2.75) is 0 Å². The van der Waals surface area contributed by atoms with Gasteiger partial charge in [0.25, 0.3) is 5.91 Å². The minimum Gasteiger partial charge on any atom is -0.496 e. The monoisotopic (exact) mass is 388 g/mol. The third kappa shape index (κ3) is 3.36. The molecule has 0 spiro atoms. The molecule has 0 radical (unpaired) electrons. The van der Waals surface area contributed by atoms with Crippen LogP contribution in [0, 0.1) is 0 Å². The van der Waals surface area contributed by atoms with E-state index in [1.807, 2.05) is 0 Å². The van der Waals surface area contributed by atoms with Crippen LogP contribution in [-0.2, 0) is 4.79 Å². The zero-order chi connectivity index (χ0) is 18.1. The Morgan fingerprint density at radius 1 is 1.23 bits per heavy atom. The lowest BCUT2D eigenvalue weighted by Gasteiger charge is -2.06. The summed E-state index contributed by atoms with van der Waals surface area (Å²) in [5.41, 5.74) is 1.43. The average molecular weight is 389 g/mol. The van der Waals surface area contributed by atoms with Gasteiger partial charge >= 0.3 is 0 Å². The highest BCUT2D eigenvalue weighted by Gasteiger charge is 2.25. The number of hydrogen-bond acceptors (Lipinski definition) is 6. The van der Waals surface area contributed by atoms with E-state index in [1.54, 1.807) is 49.6 Å². The second kappa shape index (κ2) is 6.93. The highest BCUT2D eigenvalue weighted by Crippen LogP contribution is 2.40. The SMILES string of the molecule is COc1cc2c(cc1/C=C1/SC(=Nc3ccc(Cl)cc3)NC1=O)OCO2. The lowest BCUT2D eigenvalue weighted by Crippen LogP contribution is -2.19. The number of nitrogens with one attached hydrogen (secondary N) is 1. The minimum atomic E-state index is -0.220. The summed E-state index contributed by atoms with van der Waals surface area (Å²) in [5.74, 6) is 1.62. The molecule has 8 heteroatoms. The number of fused-ring (bicyclic) bond motifs is 1. The van der Waals surface area contributed by atoms with Crippen molar-refractivity contribution >= 4 is 46.2 Å². The number of nitrogens with zero attached hydrogens (tertiary/aromatic N) is 1. The smallest absolute Gasteiger partial charge is 0.264 e. The Balaban J connectivity index is 1.62. The van der Waals surface area contributed by atoms with E-state index in [-0.39, 0.29) is 12.7 Å². The maximum absolute atomic E-state index is 12.3. The first-order valence-corrected chi connectivity index (χ1v) is 8.84. The van der Waals surface area contributed by atoms with E-state index in [2.05, 4.69) is 10.3 Å². The number of carbonyl (C=O) groups is 1. The van der Waals surface area contributed by atoms with Gasteiger partial charge in [0.2, 0.25) is 6.79 Å². The topological polar surface area (TPSA) is 69.2 Å². The van der Waals surface area contributed by atoms with Gasteiger partial charge in [0, 0.05) is 16.7 Å². The number of hydrogen-bond donors (Lipinski definition) is 1. The number of amides is 1. The molecule has 0 atom stereocenters. The first-order valence-electron chi connectivity index (χ1n) is 7.65. The normalized spacial score (nSPS) is 18.5. The number of methoxy groups -OCH3 is 1. The van der Waals surface area contributed by atoms with Crippen LogP contribution in [0.4, 0.5) is 5.69 Å². The van der Waals surface area contributed by atoms with E-state index in [1.165, 1.54) is 11.8 Å². The van der Waals surface area contributed by atoms with E-state index in [4.69, 9.17) is 25.8 Å². The van der Waals surface area contributed by atoms with Gasteiger partial charge in [-0.05, 0) is 48.2 Å². The van der Waals surface area contributed by atoms with Gasteiger partial charge in [0.15, 0.2) is 16.7 Å². The van der Waals surface area contributed by atoms with Crippen LogP contribution in [0.2, 0.25) is 5.02 Å². The van der Waals surface area contributed by atoms with Crippen molar-refractivity contribution in [3.8, 4) is 17.2 Å². The molecule has 0 bridgehead atoms. The number of halogens is 1. The number of amidine groups is 1. The molecular formula is C18H13ClN2O4S. The molecule has 0 aliphatic carbocycles. The van der Waals surface area contributed by atoms with Crippen LogP contribution in [0.15, 0.2) is 46.3 Å². The zero-order valence-corrected chi connectivity index (χ0v) is 15.2. The Labute approximate surface area is 158 Å². The van der Waals surface area contributed by atoms with Gasteiger partial charge in [-0.15, -0.1) is 0 Å². The van der Waals surface area contributed by atoms with E-state index in [0.29, 0.717) is 38.0 Å². The Morgan fingerprint density at radius 2 is 1.96 bits per heavy atom. The standard InChI is InChI=1S/C18H13ClN2O4S/c1-23-13-8-15-14(24-9-25-15)6-10(13)7-16-17(22)21-18(26-16)20-12-4-2-11(19)3-5-12/h2-8H,9H2,1H3,(H,20,21,22)/b16-7+. The van der Waals surface area contributed by atoms with E-state index < -0.39 is 0 Å². The van der Waals surface area contributed by atoms with Crippen LogP contribution < -0.4 is 19.5 Å². The molecular weight excluding hydrogens is 376 g/mol. The molecule has 1 amide bonds. The minimum absolute atomic E-state index is 0.172. The molecule has 1 fully saturated rings. The molecule has 6 nitrogen and oxygen atoms in total. The lowest BCUT2D eigenvalue weighted by molar-refractivity contribution is -0.115. The third-order valence-corrected chi connectivity index (χ3v) is 4.88. The fourth-order valence-corrected chi connectivity index (χ4v) is 3.44. The Kier molecular flexibility index (Phi) is 4.48. The number of rotatable bonds is 3. The van der Waals surface area contributed by atoms with Crippen molar-refractivity contribution in [3.05, 3.63) is 51.9 Å². The van der Waals surface area contributed by atoms with Crippen molar-refractivity contribution in [1.29, 1.82) is 0 Å². The number of thioether (sulfide) groups is 1. The molecule has 2 heterocycles. The summed E-state index contributed by atoms with van der Waals surface area (Å²) in [4.78, 5) is 17.2. The van der Waals surface area contributed by atoms with Crippen molar-refractivity contribution < 1.29 is 19.0 Å². The largest absolute Gasteiger partial charge is 0.496 e. The molecule has 4 rings (SSSR count). The summed E-state index contributed by atoms with van der Waals surface area (Å²) in [7, 11) is 1.56. The van der Waals surface area contributed by atoms with Gasteiger partial charge in [-0.1, -0.05) is 11.6 Å². The number of aliphatic imine (C=N–C) groups is 1. The molecule has 0 unspecified atom stereocenters. The second-order valence-corrected chi connectivity index (χ2v) is 6.87. The molecule has 26 heavy (non-hydrogen) atoms. The highest BCUT2D eigenvalue weighted by atomic mass is 35.5. The predicted octanol–water partition coefficient (Wildman–Crippen LogP) is 3.97. The zero-order valence-electron chi connectivity index (χ0n) is 13.6. The first kappa shape index (κ1) is 16.8. The third-order valence-electron chi connectivity index (χ3n) is 3.72. The molecule has 0 aromatic heterocycles. The summed E-state index contributed by atoms with van der Waals surface area (Å²) in [5, 5.41) is 3.89. The Hall–Kier alpha value is -2.64. The summed E-state index contributed by atoms with van der Waals surface area (Å²) >= 11 is 7.13. The van der Waals surface area contributed by atoms with Crippen molar-refractivity contribution in [3.63, 3.8) is 0 Å². The van der Waals surface area contributed by atoms with Gasteiger partial charge in [0.05, 0.1) is 17.7 Å². The molecule has 1 N–H and O–H groups in total. The fraction of sp³-hybridized carbons (Fsp3) is 0.111. The maximum Gasteiger partial charge on any atom is 0.264 e. The molecule has 2 aromatic carbocycles. The van der Waals surface area contributed by atoms with Crippen LogP contribution in [0.1, 0.15) is 5.56 Å². The van der Waals surface area contributed by atoms with Crippen LogP contribution in [0.3, 0.4) is 0 Å². The summed E-state index contributed by atoms with van der Waals surface area (Å²) in [6, 6.07) is 10.6. The lowest BCUT2D eigenvalue weighted by atomic mass is 10.1. The maximum atomic E-state index is 12.3. The number of ether oxygens (including phenoxy) is 3. The first-order chi connectivity index (χ1) is 12.6. The van der Waals surface area contributed by atoms with Gasteiger partial charge in [-0.2, -0.15) is 0 Å². The van der Waals surface area contributed by atoms with Crippen molar-refractivity contribution in [1.82, 2.24) is 5.32 Å². The number of benzene rings is 2. The molecule has 1 saturated heterocycles. The van der Waals surface area contributed by atoms with Gasteiger partial charge in [0.1, 0.15) is 5.75 Å². The number of carbonyl (C=O) groups excluding carboxylic acids is 1. The molecule has 2 aromatic rings. The van der Waals surface area contributed by atoms with E-state index in [9.17, 15) is 4.79 Å². The summed E-state index contributed by atoms with van der Waals surface area (Å²) in [6.07, 6.45) is 1.74. The van der Waals surface area contributed by atoms with Crippen molar-refractivity contribution in [2.75, 3.05) is 13.9 Å². The van der Waals surface area contributed by atoms with Gasteiger partial charge < -0.3 is 19.5 Å². The summed E-state index contributed by atoms with van der Waals surface area (Å²) < 4.78 is 16.1. The molecule has 132 valence electrons. The second-order valence-electron chi connectivity index (χ2n) is 5.41. The Bertz CT molecular complexity index is 941. The summed E-state index contributed by atoms with van der Waals surface area (Å²) in [6.45, 7) is 0.172. The quantitative estimate of drug-likeness (QED) is 0.806. The van der Waals surface area contributed by atoms with E-state index in [0.717, 1.165) is 5.56 Å². The van der Waals surface area contributed by atoms with Crippen LogP contribution in [0.5, 0.6) is 17.2 Å².